The van der Waals surface area contributed by atoms with Crippen LogP contribution in [0.2, 0.25) is 0 Å². The number of ether oxygens (including phenoxy) is 2. The van der Waals surface area contributed by atoms with Crippen LogP contribution < -0.4 is 9.47 Å². The van der Waals surface area contributed by atoms with E-state index in [0.29, 0.717) is 37.6 Å². The number of carboxylic acid groups (broad SMARTS) is 1. The lowest BCUT2D eigenvalue weighted by Crippen LogP contribution is -2.24. The summed E-state index contributed by atoms with van der Waals surface area (Å²) >= 11 is 3.52. The molecule has 0 aliphatic carbocycles. The number of hydrogen-bond acceptors (Lipinski definition) is 3. The summed E-state index contributed by atoms with van der Waals surface area (Å²) in [6.45, 7) is 8.44. The van der Waals surface area contributed by atoms with Crippen LogP contribution in [0.5, 0.6) is 11.5 Å². The van der Waals surface area contributed by atoms with Crippen LogP contribution in [0.4, 0.5) is 0 Å². The molecule has 0 saturated heterocycles. The standard InChI is InChI=1S/C16H23BrO4/c1-5-20-13-9-11(7-8-16(3,4)15(18)19)12(17)10-14(13)21-6-2/h9-10H,5-8H2,1-4H3,(H,18,19). The fraction of sp³-hybridized carbons (Fsp3) is 0.562. The Morgan fingerprint density at radius 1 is 1.19 bits per heavy atom. The highest BCUT2D eigenvalue weighted by Gasteiger charge is 2.27. The van der Waals surface area contributed by atoms with Gasteiger partial charge in [0.1, 0.15) is 0 Å². The van der Waals surface area contributed by atoms with E-state index in [4.69, 9.17) is 9.47 Å². The topological polar surface area (TPSA) is 55.8 Å². The molecule has 0 saturated carbocycles. The molecule has 1 aromatic rings. The quantitative estimate of drug-likeness (QED) is 0.752. The second-order valence-corrected chi connectivity index (χ2v) is 6.30. The zero-order chi connectivity index (χ0) is 16.0. The molecule has 0 fully saturated rings. The number of aryl methyl sites for hydroxylation is 1. The maximum absolute atomic E-state index is 11.2. The monoisotopic (exact) mass is 358 g/mol. The van der Waals surface area contributed by atoms with Gasteiger partial charge in [-0.3, -0.25) is 4.79 Å². The molecule has 4 nitrogen and oxygen atoms in total. The molecule has 1 rings (SSSR count). The van der Waals surface area contributed by atoms with E-state index < -0.39 is 11.4 Å². The zero-order valence-corrected chi connectivity index (χ0v) is 14.6. The summed E-state index contributed by atoms with van der Waals surface area (Å²) in [6.07, 6.45) is 1.22. The molecule has 0 spiro atoms. The Bertz CT molecular complexity index is 497. The predicted molar refractivity (Wildman–Crippen MR) is 86.2 cm³/mol. The zero-order valence-electron chi connectivity index (χ0n) is 13.0. The van der Waals surface area contributed by atoms with Crippen LogP contribution in [0.3, 0.4) is 0 Å². The minimum absolute atomic E-state index is 0.556. The van der Waals surface area contributed by atoms with Crippen molar-refractivity contribution in [3.63, 3.8) is 0 Å². The molecular weight excluding hydrogens is 336 g/mol. The third-order valence-electron chi connectivity index (χ3n) is 3.31. The summed E-state index contributed by atoms with van der Waals surface area (Å²) in [6, 6.07) is 3.81. The van der Waals surface area contributed by atoms with Crippen LogP contribution in [0, 0.1) is 5.41 Å². The van der Waals surface area contributed by atoms with Crippen molar-refractivity contribution >= 4 is 21.9 Å². The molecule has 21 heavy (non-hydrogen) atoms. The number of hydrogen-bond donors (Lipinski definition) is 1. The summed E-state index contributed by atoms with van der Waals surface area (Å²) in [5.74, 6) is 0.618. The van der Waals surface area contributed by atoms with Crippen molar-refractivity contribution < 1.29 is 19.4 Å². The van der Waals surface area contributed by atoms with Gasteiger partial charge in [-0.15, -0.1) is 0 Å². The van der Waals surface area contributed by atoms with E-state index >= 15 is 0 Å². The van der Waals surface area contributed by atoms with Gasteiger partial charge in [0.2, 0.25) is 0 Å². The Morgan fingerprint density at radius 2 is 1.71 bits per heavy atom. The minimum Gasteiger partial charge on any atom is -0.490 e. The first-order valence-corrected chi connectivity index (χ1v) is 7.92. The van der Waals surface area contributed by atoms with Gasteiger partial charge in [0, 0.05) is 4.47 Å². The van der Waals surface area contributed by atoms with E-state index in [1.165, 1.54) is 0 Å². The van der Waals surface area contributed by atoms with E-state index in [1.807, 2.05) is 26.0 Å². The summed E-state index contributed by atoms with van der Waals surface area (Å²) in [5.41, 5.74) is 0.278. The lowest BCUT2D eigenvalue weighted by Gasteiger charge is -2.20. The van der Waals surface area contributed by atoms with Crippen LogP contribution >= 0.6 is 15.9 Å². The molecule has 0 aliphatic rings. The van der Waals surface area contributed by atoms with Gasteiger partial charge in [0.05, 0.1) is 18.6 Å². The summed E-state index contributed by atoms with van der Waals surface area (Å²) < 4.78 is 12.1. The SMILES string of the molecule is CCOc1cc(Br)c(CCC(C)(C)C(=O)O)cc1OCC. The van der Waals surface area contributed by atoms with E-state index in [0.717, 1.165) is 10.0 Å². The maximum Gasteiger partial charge on any atom is 0.309 e. The Balaban J connectivity index is 2.97. The van der Waals surface area contributed by atoms with Crippen LogP contribution in [-0.2, 0) is 11.2 Å². The maximum atomic E-state index is 11.2. The molecule has 0 aromatic heterocycles. The summed E-state index contributed by atoms with van der Waals surface area (Å²) in [4.78, 5) is 11.2. The van der Waals surface area contributed by atoms with E-state index in [-0.39, 0.29) is 0 Å². The predicted octanol–water partition coefficient (Wildman–Crippen LogP) is 4.29. The van der Waals surface area contributed by atoms with Crippen molar-refractivity contribution in [2.45, 2.75) is 40.5 Å². The van der Waals surface area contributed by atoms with Crippen molar-refractivity contribution in [1.82, 2.24) is 0 Å². The normalized spacial score (nSPS) is 11.3. The lowest BCUT2D eigenvalue weighted by molar-refractivity contribution is -0.147. The minimum atomic E-state index is -0.783. The van der Waals surface area contributed by atoms with Gasteiger partial charge >= 0.3 is 5.97 Å². The van der Waals surface area contributed by atoms with E-state index in [1.54, 1.807) is 13.8 Å². The third-order valence-corrected chi connectivity index (χ3v) is 4.05. The molecular formula is C16H23BrO4. The molecule has 0 unspecified atom stereocenters. The average molecular weight is 359 g/mol. The van der Waals surface area contributed by atoms with Crippen LogP contribution in [0.15, 0.2) is 16.6 Å². The Kier molecular flexibility index (Phi) is 6.52. The van der Waals surface area contributed by atoms with Gasteiger partial charge in [-0.2, -0.15) is 0 Å². The van der Waals surface area contributed by atoms with Crippen molar-refractivity contribution in [3.05, 3.63) is 22.2 Å². The molecule has 5 heteroatoms. The fourth-order valence-electron chi connectivity index (χ4n) is 1.86. The van der Waals surface area contributed by atoms with E-state index in [9.17, 15) is 9.90 Å². The van der Waals surface area contributed by atoms with Crippen molar-refractivity contribution in [2.24, 2.45) is 5.41 Å². The van der Waals surface area contributed by atoms with Gasteiger partial charge < -0.3 is 14.6 Å². The van der Waals surface area contributed by atoms with Gasteiger partial charge in [-0.1, -0.05) is 15.9 Å². The Labute approximate surface area is 134 Å². The Morgan fingerprint density at radius 3 is 2.19 bits per heavy atom. The first-order chi connectivity index (χ1) is 9.81. The first kappa shape index (κ1) is 17.8. The molecule has 118 valence electrons. The van der Waals surface area contributed by atoms with Crippen LogP contribution in [0.1, 0.15) is 39.7 Å². The van der Waals surface area contributed by atoms with Gasteiger partial charge in [-0.05, 0) is 58.2 Å². The molecule has 1 N–H and O–H groups in total. The number of carbonyl (C=O) groups is 1. The molecule has 0 radical (unpaired) electrons. The van der Waals surface area contributed by atoms with Crippen molar-refractivity contribution in [3.8, 4) is 11.5 Å². The molecule has 0 bridgehead atoms. The highest BCUT2D eigenvalue weighted by molar-refractivity contribution is 9.10. The third kappa shape index (κ3) is 4.92. The average Bonchev–Trinajstić information content (AvgIpc) is 2.40. The highest BCUT2D eigenvalue weighted by atomic mass is 79.9. The van der Waals surface area contributed by atoms with E-state index in [2.05, 4.69) is 15.9 Å². The molecule has 0 amide bonds. The van der Waals surface area contributed by atoms with Crippen LogP contribution in [-0.4, -0.2) is 24.3 Å². The fourth-order valence-corrected chi connectivity index (χ4v) is 2.38. The van der Waals surface area contributed by atoms with Gasteiger partial charge in [0.15, 0.2) is 11.5 Å². The van der Waals surface area contributed by atoms with Crippen molar-refractivity contribution in [1.29, 1.82) is 0 Å². The largest absolute Gasteiger partial charge is 0.490 e. The lowest BCUT2D eigenvalue weighted by atomic mass is 9.86. The number of halogens is 1. The first-order valence-electron chi connectivity index (χ1n) is 7.13. The van der Waals surface area contributed by atoms with Crippen LogP contribution in [0.25, 0.3) is 0 Å². The second kappa shape index (κ2) is 7.69. The summed E-state index contributed by atoms with van der Waals surface area (Å²) in [5, 5.41) is 9.19. The molecule has 0 heterocycles. The number of aliphatic carboxylic acids is 1. The smallest absolute Gasteiger partial charge is 0.309 e. The van der Waals surface area contributed by atoms with Crippen molar-refractivity contribution in [2.75, 3.05) is 13.2 Å². The number of benzene rings is 1. The van der Waals surface area contributed by atoms with Gasteiger partial charge in [0.25, 0.3) is 0 Å². The molecule has 0 atom stereocenters. The molecule has 1 aromatic carbocycles. The molecule has 0 aliphatic heterocycles. The highest BCUT2D eigenvalue weighted by Crippen LogP contribution is 2.35. The number of carboxylic acids is 1. The summed E-state index contributed by atoms with van der Waals surface area (Å²) in [7, 11) is 0. The Hall–Kier alpha value is -1.23. The van der Waals surface area contributed by atoms with Gasteiger partial charge in [-0.25, -0.2) is 0 Å². The second-order valence-electron chi connectivity index (χ2n) is 5.45. The number of rotatable bonds is 8.